The molecule has 2 saturated heterocycles. The molecule has 2 amide bonds. The van der Waals surface area contributed by atoms with Crippen molar-refractivity contribution in [2.24, 2.45) is 12.8 Å². The molecule has 46 heavy (non-hydrogen) atoms. The summed E-state index contributed by atoms with van der Waals surface area (Å²) < 4.78 is 7.78. The van der Waals surface area contributed by atoms with Gasteiger partial charge in [-0.3, -0.25) is 19.3 Å². The van der Waals surface area contributed by atoms with E-state index in [1.165, 1.54) is 0 Å². The molecule has 2 aliphatic heterocycles. The predicted molar refractivity (Wildman–Crippen MR) is 180 cm³/mol. The van der Waals surface area contributed by atoms with Crippen LogP contribution in [0.2, 0.25) is 10.0 Å². The highest BCUT2D eigenvalue weighted by Gasteiger charge is 2.46. The zero-order valence-corrected chi connectivity index (χ0v) is 27.8. The summed E-state index contributed by atoms with van der Waals surface area (Å²) in [5.41, 5.74) is 9.04. The van der Waals surface area contributed by atoms with E-state index in [9.17, 15) is 14.4 Å². The van der Waals surface area contributed by atoms with E-state index in [1.54, 1.807) is 12.1 Å². The highest BCUT2D eigenvalue weighted by atomic mass is 35.5. The first-order valence-electron chi connectivity index (χ1n) is 16.0. The van der Waals surface area contributed by atoms with Crippen molar-refractivity contribution in [1.29, 1.82) is 0 Å². The lowest BCUT2D eigenvalue weighted by Gasteiger charge is -2.48. The van der Waals surface area contributed by atoms with Crippen LogP contribution in [0.15, 0.2) is 48.5 Å². The van der Waals surface area contributed by atoms with Crippen molar-refractivity contribution < 1.29 is 24.2 Å². The summed E-state index contributed by atoms with van der Waals surface area (Å²) in [5, 5.41) is 9.87. The first-order chi connectivity index (χ1) is 22.1. The van der Waals surface area contributed by atoms with Crippen molar-refractivity contribution in [1.82, 2.24) is 14.4 Å². The molecule has 3 aromatic rings. The minimum absolute atomic E-state index is 0.114. The molecule has 0 bridgehead atoms. The van der Waals surface area contributed by atoms with Crippen molar-refractivity contribution in [3.63, 3.8) is 0 Å². The van der Waals surface area contributed by atoms with Gasteiger partial charge >= 0.3 is 0 Å². The number of carbonyl (C=O) groups is 3. The molecule has 2 fully saturated rings. The molecule has 11 heteroatoms. The topological polar surface area (TPSA) is 118 Å². The Morgan fingerprint density at radius 2 is 1.61 bits per heavy atom. The third kappa shape index (κ3) is 7.28. The summed E-state index contributed by atoms with van der Waals surface area (Å²) in [6.45, 7) is 2.63. The second-order valence-corrected chi connectivity index (χ2v) is 13.1. The van der Waals surface area contributed by atoms with E-state index in [1.807, 2.05) is 52.9 Å². The fraction of sp³-hybridized carbons (Fsp3) is 0.457. The summed E-state index contributed by atoms with van der Waals surface area (Å²) in [7, 11) is 1.87. The van der Waals surface area contributed by atoms with E-state index in [2.05, 4.69) is 4.90 Å². The maximum atomic E-state index is 14.1. The summed E-state index contributed by atoms with van der Waals surface area (Å²) in [4.78, 5) is 42.2. The normalized spacial score (nSPS) is 16.7. The van der Waals surface area contributed by atoms with Gasteiger partial charge in [0.2, 0.25) is 5.91 Å². The van der Waals surface area contributed by atoms with Crippen LogP contribution in [0.5, 0.6) is 5.75 Å². The van der Waals surface area contributed by atoms with Crippen LogP contribution in [0.25, 0.3) is 22.4 Å². The van der Waals surface area contributed by atoms with Crippen molar-refractivity contribution in [2.75, 3.05) is 39.4 Å². The van der Waals surface area contributed by atoms with Crippen LogP contribution in [0.3, 0.4) is 0 Å². The number of piperidine rings is 2. The quantitative estimate of drug-likeness (QED) is 0.238. The minimum Gasteiger partial charge on any atom is -0.494 e. The Morgan fingerprint density at radius 3 is 2.24 bits per heavy atom. The molecule has 3 heterocycles. The molecular formula is C35H42Cl2N4O5. The number of aromatic nitrogens is 1. The van der Waals surface area contributed by atoms with Gasteiger partial charge in [0.25, 0.3) is 5.91 Å². The second-order valence-electron chi connectivity index (χ2n) is 12.2. The molecule has 2 aromatic carbocycles. The number of Topliss-reactive ketones (excluding diaryl/α,β-unsaturated/α-hetero) is 1. The Hall–Kier alpha value is -3.37. The number of likely N-dealkylation sites (tertiary alicyclic amines) is 2. The Labute approximate surface area is 280 Å². The number of benzene rings is 2. The van der Waals surface area contributed by atoms with Gasteiger partial charge in [0, 0.05) is 47.7 Å². The molecule has 0 aliphatic carbocycles. The van der Waals surface area contributed by atoms with Crippen LogP contribution >= 0.6 is 23.2 Å². The van der Waals surface area contributed by atoms with Gasteiger partial charge < -0.3 is 25.0 Å². The minimum atomic E-state index is -0.709. The zero-order chi connectivity index (χ0) is 32.8. The number of ketones is 1. The number of hydrogen-bond donors (Lipinski definition) is 2. The first kappa shape index (κ1) is 34.0. The maximum absolute atomic E-state index is 14.1. The van der Waals surface area contributed by atoms with Crippen molar-refractivity contribution >= 4 is 40.8 Å². The monoisotopic (exact) mass is 668 g/mol. The van der Waals surface area contributed by atoms with E-state index in [4.69, 9.17) is 38.8 Å². The number of aliphatic hydroxyl groups is 1. The molecule has 3 N–H and O–H groups in total. The van der Waals surface area contributed by atoms with Crippen LogP contribution in [0, 0.1) is 0 Å². The number of ether oxygens (including phenoxy) is 1. The molecule has 0 atom stereocenters. The van der Waals surface area contributed by atoms with Crippen molar-refractivity contribution in [2.45, 2.75) is 56.9 Å². The Kier molecular flexibility index (Phi) is 11.1. The average molecular weight is 670 g/mol. The molecular weight excluding hydrogens is 627 g/mol. The Bertz CT molecular complexity index is 1560. The number of halogens is 2. The standard InChI is InChI=1S/C35H42Cl2N4O5/c1-39-31(33(44)40-18-14-35(15-19-40,34(38)45)41-16-4-2-5-17-41)22-29(28-13-10-25(36)21-30(28)37)32(39)24-8-11-27(12-9-24)46-20-6-3-7-26(43)23-42/h8-13,21-22,42H,2-7,14-20,23H2,1H3,(H2,38,45). The third-order valence-corrected chi connectivity index (χ3v) is 9.94. The van der Waals surface area contributed by atoms with Gasteiger partial charge in [0.1, 0.15) is 23.6 Å². The number of hydrogen-bond acceptors (Lipinski definition) is 6. The van der Waals surface area contributed by atoms with Gasteiger partial charge in [-0.25, -0.2) is 0 Å². The van der Waals surface area contributed by atoms with Gasteiger partial charge in [-0.15, -0.1) is 0 Å². The number of nitrogens with zero attached hydrogens (tertiary/aromatic N) is 3. The van der Waals surface area contributed by atoms with Gasteiger partial charge in [0.15, 0.2) is 5.78 Å². The molecule has 5 rings (SSSR count). The van der Waals surface area contributed by atoms with Crippen LogP contribution < -0.4 is 10.5 Å². The lowest BCUT2D eigenvalue weighted by atomic mass is 9.83. The summed E-state index contributed by atoms with van der Waals surface area (Å²) in [6.07, 6.45) is 6.00. The third-order valence-electron chi connectivity index (χ3n) is 9.39. The van der Waals surface area contributed by atoms with Crippen molar-refractivity contribution in [3.05, 3.63) is 64.3 Å². The van der Waals surface area contributed by atoms with Gasteiger partial charge in [0.05, 0.1) is 12.3 Å². The molecule has 246 valence electrons. The van der Waals surface area contributed by atoms with Gasteiger partial charge in [-0.1, -0.05) is 35.7 Å². The van der Waals surface area contributed by atoms with Gasteiger partial charge in [-0.05, 0) is 99.6 Å². The molecule has 0 unspecified atom stereocenters. The largest absolute Gasteiger partial charge is 0.494 e. The summed E-state index contributed by atoms with van der Waals surface area (Å²) >= 11 is 12.9. The number of primary amides is 1. The van der Waals surface area contributed by atoms with Crippen LogP contribution in [-0.4, -0.2) is 82.0 Å². The number of amides is 2. The SMILES string of the molecule is Cn1c(C(=O)N2CCC(C(N)=O)(N3CCCCC3)CC2)cc(-c2ccc(Cl)cc2Cl)c1-c1ccc(OCCCCC(=O)CO)cc1. The highest BCUT2D eigenvalue weighted by molar-refractivity contribution is 6.36. The number of rotatable bonds is 12. The Morgan fingerprint density at radius 1 is 0.913 bits per heavy atom. The van der Waals surface area contributed by atoms with Crippen LogP contribution in [0.4, 0.5) is 0 Å². The average Bonchev–Trinajstić information content (AvgIpc) is 3.41. The smallest absolute Gasteiger partial charge is 0.270 e. The van der Waals surface area contributed by atoms with Crippen molar-refractivity contribution in [3.8, 4) is 28.1 Å². The number of nitrogens with two attached hydrogens (primary N) is 1. The maximum Gasteiger partial charge on any atom is 0.270 e. The second kappa shape index (κ2) is 15.0. The summed E-state index contributed by atoms with van der Waals surface area (Å²) in [5.74, 6) is 0.106. The van der Waals surface area contributed by atoms with Crippen LogP contribution in [-0.2, 0) is 16.6 Å². The van der Waals surface area contributed by atoms with Crippen LogP contribution in [0.1, 0.15) is 61.9 Å². The van der Waals surface area contributed by atoms with E-state index in [0.29, 0.717) is 73.3 Å². The lowest BCUT2D eigenvalue weighted by Crippen LogP contribution is -2.63. The fourth-order valence-electron chi connectivity index (χ4n) is 6.76. The summed E-state index contributed by atoms with van der Waals surface area (Å²) in [6, 6.07) is 14.9. The fourth-order valence-corrected chi connectivity index (χ4v) is 7.27. The predicted octanol–water partition coefficient (Wildman–Crippen LogP) is 5.72. The highest BCUT2D eigenvalue weighted by Crippen LogP contribution is 2.40. The molecule has 0 radical (unpaired) electrons. The van der Waals surface area contributed by atoms with E-state index < -0.39 is 12.1 Å². The molecule has 0 spiro atoms. The molecule has 0 saturated carbocycles. The van der Waals surface area contributed by atoms with E-state index >= 15 is 0 Å². The number of carbonyl (C=O) groups excluding carboxylic acids is 3. The first-order valence-corrected chi connectivity index (χ1v) is 16.8. The van der Waals surface area contributed by atoms with E-state index in [-0.39, 0.29) is 17.6 Å². The van der Waals surface area contributed by atoms with E-state index in [0.717, 1.165) is 54.7 Å². The zero-order valence-electron chi connectivity index (χ0n) is 26.3. The molecule has 9 nitrogen and oxygen atoms in total. The van der Waals surface area contributed by atoms with Gasteiger partial charge in [-0.2, -0.15) is 0 Å². The number of aliphatic hydroxyl groups excluding tert-OH is 1. The Balaban J connectivity index is 1.39. The lowest BCUT2D eigenvalue weighted by molar-refractivity contribution is -0.134. The number of unbranched alkanes of at least 4 members (excludes halogenated alkanes) is 1. The molecule has 2 aliphatic rings. The molecule has 1 aromatic heterocycles.